The van der Waals surface area contributed by atoms with Gasteiger partial charge in [-0.25, -0.2) is 0 Å². The summed E-state index contributed by atoms with van der Waals surface area (Å²) in [5.74, 6) is 0.225. The maximum Gasteiger partial charge on any atom is 0.224 e. The van der Waals surface area contributed by atoms with E-state index in [1.165, 1.54) is 6.07 Å². The van der Waals surface area contributed by atoms with E-state index in [2.05, 4.69) is 5.32 Å². The predicted molar refractivity (Wildman–Crippen MR) is 73.2 cm³/mol. The van der Waals surface area contributed by atoms with E-state index in [1.807, 2.05) is 0 Å². The molecule has 0 spiro atoms. The molecule has 2 aromatic carbocycles. The Balaban J connectivity index is 1.86. The molecule has 2 rings (SSSR count). The lowest BCUT2D eigenvalue weighted by Crippen LogP contribution is -2.12. The molecule has 0 aliphatic carbocycles. The molecule has 0 saturated heterocycles. The van der Waals surface area contributed by atoms with Crippen LogP contribution in [0.25, 0.3) is 0 Å². The lowest BCUT2D eigenvalue weighted by atomic mass is 10.1. The molecular weight excluding hydrogens is 242 g/mol. The number of rotatable bonds is 4. The normalized spacial score (nSPS) is 10.1. The van der Waals surface area contributed by atoms with Gasteiger partial charge in [-0.15, -0.1) is 0 Å². The standard InChI is InChI=1S/C15H15NO3/c17-13-7-4-11(5-8-13)6-9-15(19)16-12-2-1-3-14(18)10-12/h1-5,7-8,10,17-18H,6,9H2,(H,16,19). The molecule has 3 N–H and O–H groups in total. The topological polar surface area (TPSA) is 69.6 Å². The van der Waals surface area contributed by atoms with Crippen LogP contribution in [-0.4, -0.2) is 16.1 Å². The van der Waals surface area contributed by atoms with E-state index >= 15 is 0 Å². The number of hydrogen-bond acceptors (Lipinski definition) is 3. The van der Waals surface area contributed by atoms with Gasteiger partial charge in [0, 0.05) is 18.2 Å². The van der Waals surface area contributed by atoms with E-state index in [1.54, 1.807) is 42.5 Å². The monoisotopic (exact) mass is 257 g/mol. The maximum absolute atomic E-state index is 11.7. The number of carbonyl (C=O) groups is 1. The van der Waals surface area contributed by atoms with E-state index in [4.69, 9.17) is 5.11 Å². The first-order valence-electron chi connectivity index (χ1n) is 6.00. The number of aryl methyl sites for hydroxylation is 1. The van der Waals surface area contributed by atoms with E-state index in [0.717, 1.165) is 5.56 Å². The van der Waals surface area contributed by atoms with E-state index in [9.17, 15) is 9.90 Å². The summed E-state index contributed by atoms with van der Waals surface area (Å²) in [5, 5.41) is 21.2. The average molecular weight is 257 g/mol. The lowest BCUT2D eigenvalue weighted by molar-refractivity contribution is -0.116. The summed E-state index contributed by atoms with van der Waals surface area (Å²) in [6.45, 7) is 0. The molecule has 0 atom stereocenters. The molecule has 4 heteroatoms. The Morgan fingerprint density at radius 3 is 2.42 bits per heavy atom. The summed E-state index contributed by atoms with van der Waals surface area (Å²) < 4.78 is 0. The zero-order valence-electron chi connectivity index (χ0n) is 10.3. The number of aromatic hydroxyl groups is 2. The average Bonchev–Trinajstić information content (AvgIpc) is 2.38. The number of hydrogen-bond donors (Lipinski definition) is 3. The third kappa shape index (κ3) is 4.03. The van der Waals surface area contributed by atoms with Crippen LogP contribution in [0.2, 0.25) is 0 Å². The van der Waals surface area contributed by atoms with Crippen LogP contribution in [0.4, 0.5) is 5.69 Å². The van der Waals surface area contributed by atoms with Crippen molar-refractivity contribution in [1.29, 1.82) is 0 Å². The van der Waals surface area contributed by atoms with E-state index in [0.29, 0.717) is 18.5 Å². The minimum absolute atomic E-state index is 0.112. The largest absolute Gasteiger partial charge is 0.508 e. The van der Waals surface area contributed by atoms with Gasteiger partial charge in [0.15, 0.2) is 0 Å². The van der Waals surface area contributed by atoms with Crippen molar-refractivity contribution in [3.8, 4) is 11.5 Å². The Bertz CT molecular complexity index is 564. The summed E-state index contributed by atoms with van der Waals surface area (Å²) >= 11 is 0. The predicted octanol–water partition coefficient (Wildman–Crippen LogP) is 2.67. The molecule has 0 aliphatic heterocycles. The molecule has 4 nitrogen and oxygen atoms in total. The number of anilines is 1. The first kappa shape index (κ1) is 13.0. The Morgan fingerprint density at radius 2 is 1.74 bits per heavy atom. The maximum atomic E-state index is 11.7. The van der Waals surface area contributed by atoms with Crippen molar-refractivity contribution in [2.45, 2.75) is 12.8 Å². The molecule has 0 fully saturated rings. The highest BCUT2D eigenvalue weighted by Gasteiger charge is 2.03. The molecule has 0 bridgehead atoms. The summed E-state index contributed by atoms with van der Waals surface area (Å²) in [5.41, 5.74) is 1.57. The quantitative estimate of drug-likeness (QED) is 0.788. The van der Waals surface area contributed by atoms with E-state index < -0.39 is 0 Å². The van der Waals surface area contributed by atoms with Crippen LogP contribution in [0.1, 0.15) is 12.0 Å². The van der Waals surface area contributed by atoms with Crippen molar-refractivity contribution in [2.24, 2.45) is 0 Å². The van der Waals surface area contributed by atoms with Crippen LogP contribution in [0.15, 0.2) is 48.5 Å². The summed E-state index contributed by atoms with van der Waals surface area (Å²) in [6.07, 6.45) is 0.950. The fourth-order valence-corrected chi connectivity index (χ4v) is 1.73. The van der Waals surface area contributed by atoms with Gasteiger partial charge in [0.2, 0.25) is 5.91 Å². The Labute approximate surface area is 111 Å². The molecular formula is C15H15NO3. The van der Waals surface area contributed by atoms with Crippen LogP contribution >= 0.6 is 0 Å². The Hall–Kier alpha value is -2.49. The lowest BCUT2D eigenvalue weighted by Gasteiger charge is -2.05. The minimum atomic E-state index is -0.112. The minimum Gasteiger partial charge on any atom is -0.508 e. The number of phenolic OH excluding ortho intramolecular Hbond substituents is 2. The molecule has 0 saturated carbocycles. The van der Waals surface area contributed by atoms with Gasteiger partial charge in [-0.3, -0.25) is 4.79 Å². The molecule has 2 aromatic rings. The van der Waals surface area contributed by atoms with Crippen LogP contribution in [0.3, 0.4) is 0 Å². The van der Waals surface area contributed by atoms with Gasteiger partial charge < -0.3 is 15.5 Å². The van der Waals surface area contributed by atoms with Gasteiger partial charge >= 0.3 is 0 Å². The SMILES string of the molecule is O=C(CCc1ccc(O)cc1)Nc1cccc(O)c1. The van der Waals surface area contributed by atoms with Crippen LogP contribution in [-0.2, 0) is 11.2 Å². The van der Waals surface area contributed by atoms with Crippen LogP contribution < -0.4 is 5.32 Å². The Kier molecular flexibility index (Phi) is 4.03. The van der Waals surface area contributed by atoms with Crippen molar-refractivity contribution < 1.29 is 15.0 Å². The van der Waals surface area contributed by atoms with Gasteiger partial charge in [0.05, 0.1) is 0 Å². The number of phenols is 2. The van der Waals surface area contributed by atoms with Crippen LogP contribution in [0.5, 0.6) is 11.5 Å². The Morgan fingerprint density at radius 1 is 1.00 bits per heavy atom. The van der Waals surface area contributed by atoms with Crippen LogP contribution in [0, 0.1) is 0 Å². The van der Waals surface area contributed by atoms with Crippen molar-refractivity contribution >= 4 is 11.6 Å². The first-order valence-corrected chi connectivity index (χ1v) is 6.00. The second kappa shape index (κ2) is 5.91. The van der Waals surface area contributed by atoms with Crippen molar-refractivity contribution in [2.75, 3.05) is 5.32 Å². The van der Waals surface area contributed by atoms with Crippen molar-refractivity contribution in [3.05, 3.63) is 54.1 Å². The smallest absolute Gasteiger partial charge is 0.224 e. The molecule has 0 heterocycles. The zero-order valence-corrected chi connectivity index (χ0v) is 10.3. The highest BCUT2D eigenvalue weighted by Crippen LogP contribution is 2.16. The molecule has 0 radical (unpaired) electrons. The van der Waals surface area contributed by atoms with E-state index in [-0.39, 0.29) is 17.4 Å². The molecule has 19 heavy (non-hydrogen) atoms. The van der Waals surface area contributed by atoms with Gasteiger partial charge in [-0.1, -0.05) is 18.2 Å². The fraction of sp³-hybridized carbons (Fsp3) is 0.133. The number of benzene rings is 2. The first-order chi connectivity index (χ1) is 9.13. The number of carbonyl (C=O) groups excluding carboxylic acids is 1. The van der Waals surface area contributed by atoms with Gasteiger partial charge in [0.25, 0.3) is 0 Å². The third-order valence-corrected chi connectivity index (χ3v) is 2.71. The molecule has 0 unspecified atom stereocenters. The number of amides is 1. The molecule has 0 aliphatic rings. The molecule has 1 amide bonds. The van der Waals surface area contributed by atoms with Gasteiger partial charge in [-0.2, -0.15) is 0 Å². The zero-order chi connectivity index (χ0) is 13.7. The summed E-state index contributed by atoms with van der Waals surface area (Å²) in [7, 11) is 0. The summed E-state index contributed by atoms with van der Waals surface area (Å²) in [4.78, 5) is 11.7. The van der Waals surface area contributed by atoms with Crippen molar-refractivity contribution in [1.82, 2.24) is 0 Å². The molecule has 98 valence electrons. The second-order valence-corrected chi connectivity index (χ2v) is 4.26. The highest BCUT2D eigenvalue weighted by atomic mass is 16.3. The van der Waals surface area contributed by atoms with Gasteiger partial charge in [-0.05, 0) is 36.2 Å². The molecule has 0 aromatic heterocycles. The van der Waals surface area contributed by atoms with Gasteiger partial charge in [0.1, 0.15) is 11.5 Å². The number of nitrogens with one attached hydrogen (secondary N) is 1. The second-order valence-electron chi connectivity index (χ2n) is 4.26. The fourth-order valence-electron chi connectivity index (χ4n) is 1.73. The highest BCUT2D eigenvalue weighted by molar-refractivity contribution is 5.91. The third-order valence-electron chi connectivity index (χ3n) is 2.71. The van der Waals surface area contributed by atoms with Crippen molar-refractivity contribution in [3.63, 3.8) is 0 Å². The summed E-state index contributed by atoms with van der Waals surface area (Å²) in [6, 6.07) is 13.2.